The molecule has 1 heterocycles. The number of nitrogens with one attached hydrogen (secondary N) is 1. The van der Waals surface area contributed by atoms with Crippen LogP contribution in [0.3, 0.4) is 0 Å². The van der Waals surface area contributed by atoms with Crippen LogP contribution in [0.1, 0.15) is 5.56 Å². The Morgan fingerprint density at radius 1 is 0.957 bits per heavy atom. The molecule has 0 saturated heterocycles. The minimum Gasteiger partial charge on any atom is -0.380 e. The predicted octanol–water partition coefficient (Wildman–Crippen LogP) is 3.99. The first-order valence-electron chi connectivity index (χ1n) is 7.15. The van der Waals surface area contributed by atoms with Gasteiger partial charge in [0.1, 0.15) is 0 Å². The first kappa shape index (κ1) is 16.0. The third-order valence-corrected chi connectivity index (χ3v) is 5.37. The van der Waals surface area contributed by atoms with Gasteiger partial charge >= 0.3 is 0 Å². The molecule has 5 heteroatoms. The van der Waals surface area contributed by atoms with Gasteiger partial charge in [0.05, 0.1) is 11.4 Å². The summed E-state index contributed by atoms with van der Waals surface area (Å²) in [5, 5.41) is 3.19. The van der Waals surface area contributed by atoms with Gasteiger partial charge in [-0.2, -0.15) is 0 Å². The number of hydrogen-bond acceptors (Lipinski definition) is 3. The molecule has 0 aliphatic carbocycles. The van der Waals surface area contributed by atoms with E-state index >= 15 is 0 Å². The van der Waals surface area contributed by atoms with Crippen LogP contribution in [0.2, 0.25) is 0 Å². The Bertz CT molecular complexity index is 900. The van der Waals surface area contributed by atoms with Crippen molar-refractivity contribution in [3.63, 3.8) is 0 Å². The van der Waals surface area contributed by atoms with Crippen molar-refractivity contribution < 1.29 is 8.42 Å². The number of halogens is 1. The molecule has 0 saturated carbocycles. The van der Waals surface area contributed by atoms with Gasteiger partial charge in [-0.3, -0.25) is 0 Å². The first-order valence-corrected chi connectivity index (χ1v) is 9.83. The van der Waals surface area contributed by atoms with Crippen molar-refractivity contribution in [2.75, 3.05) is 12.8 Å². The fourth-order valence-electron chi connectivity index (χ4n) is 2.47. The summed E-state index contributed by atoms with van der Waals surface area (Å²) in [4.78, 5) is 0.402. The van der Waals surface area contributed by atoms with Crippen LogP contribution in [-0.2, 0) is 9.84 Å². The molecule has 2 aromatic rings. The number of dihydropyridines is 1. The molecule has 0 spiro atoms. The van der Waals surface area contributed by atoms with Crippen molar-refractivity contribution in [2.24, 2.45) is 0 Å². The second kappa shape index (κ2) is 6.34. The maximum atomic E-state index is 11.6. The zero-order valence-corrected chi connectivity index (χ0v) is 15.0. The highest BCUT2D eigenvalue weighted by Crippen LogP contribution is 2.28. The van der Waals surface area contributed by atoms with E-state index in [1.54, 1.807) is 6.08 Å². The Hall–Kier alpha value is -1.85. The Labute approximate surface area is 144 Å². The Morgan fingerprint density at radius 3 is 2.26 bits per heavy atom. The lowest BCUT2D eigenvalue weighted by atomic mass is 10.0. The van der Waals surface area contributed by atoms with Gasteiger partial charge in [-0.25, -0.2) is 8.42 Å². The molecule has 0 bridgehead atoms. The van der Waals surface area contributed by atoms with Gasteiger partial charge in [-0.15, -0.1) is 0 Å². The lowest BCUT2D eigenvalue weighted by Gasteiger charge is -2.17. The standard InChI is InChI=1S/C18H16BrNO2S/c1-23(21,22)17-7-8-18(20-12-17)15-9-14(10-16(19)11-15)13-5-3-2-4-6-13/h2-11,20H,12H2,1H3. The number of sulfone groups is 1. The zero-order chi connectivity index (χ0) is 16.4. The molecule has 0 amide bonds. The maximum Gasteiger partial charge on any atom is 0.173 e. The summed E-state index contributed by atoms with van der Waals surface area (Å²) in [6.45, 7) is 0.317. The number of rotatable bonds is 3. The van der Waals surface area contributed by atoms with E-state index in [4.69, 9.17) is 0 Å². The molecule has 23 heavy (non-hydrogen) atoms. The van der Waals surface area contributed by atoms with E-state index in [2.05, 4.69) is 45.5 Å². The maximum absolute atomic E-state index is 11.6. The van der Waals surface area contributed by atoms with Gasteiger partial charge in [-0.05, 0) is 47.0 Å². The summed E-state index contributed by atoms with van der Waals surface area (Å²) in [5.41, 5.74) is 4.17. The van der Waals surface area contributed by atoms with Crippen LogP contribution in [0.15, 0.2) is 70.1 Å². The van der Waals surface area contributed by atoms with Gasteiger partial charge in [0.15, 0.2) is 9.84 Å². The molecule has 0 aromatic heterocycles. The molecule has 0 unspecified atom stereocenters. The lowest BCUT2D eigenvalue weighted by Crippen LogP contribution is -2.22. The van der Waals surface area contributed by atoms with Crippen LogP contribution in [0, 0.1) is 0 Å². The molecule has 2 aromatic carbocycles. The molecular weight excluding hydrogens is 374 g/mol. The molecule has 1 N–H and O–H groups in total. The Kier molecular flexibility index (Phi) is 4.41. The average Bonchev–Trinajstić information content (AvgIpc) is 2.54. The molecule has 1 aliphatic rings. The average molecular weight is 390 g/mol. The van der Waals surface area contributed by atoms with E-state index in [1.165, 1.54) is 6.26 Å². The quantitative estimate of drug-likeness (QED) is 0.862. The monoisotopic (exact) mass is 389 g/mol. The Morgan fingerprint density at radius 2 is 1.65 bits per heavy atom. The largest absolute Gasteiger partial charge is 0.380 e. The molecule has 118 valence electrons. The fraction of sp³-hybridized carbons (Fsp3) is 0.111. The van der Waals surface area contributed by atoms with Crippen LogP contribution in [0.5, 0.6) is 0 Å². The number of benzene rings is 2. The Balaban J connectivity index is 2.00. The minimum atomic E-state index is -3.15. The van der Waals surface area contributed by atoms with Crippen LogP contribution >= 0.6 is 15.9 Å². The van der Waals surface area contributed by atoms with Crippen LogP contribution < -0.4 is 5.32 Å². The first-order chi connectivity index (χ1) is 10.9. The van der Waals surface area contributed by atoms with Crippen molar-refractivity contribution in [3.8, 4) is 11.1 Å². The van der Waals surface area contributed by atoms with E-state index in [1.807, 2.05) is 30.3 Å². The van der Waals surface area contributed by atoms with Crippen molar-refractivity contribution in [1.29, 1.82) is 0 Å². The second-order valence-electron chi connectivity index (χ2n) is 5.43. The second-order valence-corrected chi connectivity index (χ2v) is 8.42. The zero-order valence-electron chi connectivity index (χ0n) is 12.6. The van der Waals surface area contributed by atoms with E-state index in [9.17, 15) is 8.42 Å². The summed E-state index contributed by atoms with van der Waals surface area (Å²) in [5.74, 6) is 0. The summed E-state index contributed by atoms with van der Waals surface area (Å²) in [7, 11) is -3.15. The SMILES string of the molecule is CS(=O)(=O)C1=CC=C(c2cc(Br)cc(-c3ccccc3)c2)NC1. The molecule has 0 fully saturated rings. The lowest BCUT2D eigenvalue weighted by molar-refractivity contribution is 0.606. The molecule has 3 rings (SSSR count). The van der Waals surface area contributed by atoms with Gasteiger partial charge in [0, 0.05) is 16.4 Å². The van der Waals surface area contributed by atoms with E-state index in [-0.39, 0.29) is 0 Å². The summed E-state index contributed by atoms with van der Waals surface area (Å²) in [6, 6.07) is 16.3. The molecule has 0 atom stereocenters. The van der Waals surface area contributed by atoms with E-state index in [0.717, 1.165) is 26.9 Å². The minimum absolute atomic E-state index is 0.317. The highest BCUT2D eigenvalue weighted by molar-refractivity contribution is 9.10. The fourth-order valence-corrected chi connectivity index (χ4v) is 3.61. The predicted molar refractivity (Wildman–Crippen MR) is 98.5 cm³/mol. The van der Waals surface area contributed by atoms with Crippen molar-refractivity contribution in [1.82, 2.24) is 5.32 Å². The third kappa shape index (κ3) is 3.74. The van der Waals surface area contributed by atoms with Crippen LogP contribution in [-0.4, -0.2) is 21.2 Å². The van der Waals surface area contributed by atoms with Crippen molar-refractivity contribution in [2.45, 2.75) is 0 Å². The third-order valence-electron chi connectivity index (χ3n) is 3.68. The van der Waals surface area contributed by atoms with Gasteiger partial charge in [-0.1, -0.05) is 46.3 Å². The number of hydrogen-bond donors (Lipinski definition) is 1. The normalized spacial score (nSPS) is 14.7. The highest BCUT2D eigenvalue weighted by atomic mass is 79.9. The smallest absolute Gasteiger partial charge is 0.173 e. The number of allylic oxidation sites excluding steroid dienone is 2. The van der Waals surface area contributed by atoms with Crippen LogP contribution in [0.25, 0.3) is 16.8 Å². The van der Waals surface area contributed by atoms with Gasteiger partial charge in [0.2, 0.25) is 0 Å². The summed E-state index contributed by atoms with van der Waals surface area (Å²) >= 11 is 3.55. The van der Waals surface area contributed by atoms with Crippen LogP contribution in [0.4, 0.5) is 0 Å². The topological polar surface area (TPSA) is 46.2 Å². The highest BCUT2D eigenvalue weighted by Gasteiger charge is 2.15. The molecular formula is C18H16BrNO2S. The van der Waals surface area contributed by atoms with E-state index in [0.29, 0.717) is 11.4 Å². The molecule has 0 radical (unpaired) electrons. The van der Waals surface area contributed by atoms with Crippen molar-refractivity contribution >= 4 is 31.5 Å². The molecule has 3 nitrogen and oxygen atoms in total. The summed E-state index contributed by atoms with van der Waals surface area (Å²) in [6.07, 6.45) is 4.71. The summed E-state index contributed by atoms with van der Waals surface area (Å²) < 4.78 is 24.1. The molecule has 1 aliphatic heterocycles. The van der Waals surface area contributed by atoms with E-state index < -0.39 is 9.84 Å². The van der Waals surface area contributed by atoms with Gasteiger partial charge in [0.25, 0.3) is 0 Å². The van der Waals surface area contributed by atoms with Crippen molar-refractivity contribution in [3.05, 3.63) is 75.6 Å². The van der Waals surface area contributed by atoms with Gasteiger partial charge < -0.3 is 5.32 Å².